The summed E-state index contributed by atoms with van der Waals surface area (Å²) < 4.78 is 0. The molecule has 0 amide bonds. The molecule has 0 spiro atoms. The Morgan fingerprint density at radius 1 is 1.09 bits per heavy atom. The van der Waals surface area contributed by atoms with Gasteiger partial charge in [-0.05, 0) is 11.6 Å². The zero-order valence-electron chi connectivity index (χ0n) is 11.7. The van der Waals surface area contributed by atoms with E-state index >= 15 is 0 Å². The fraction of sp³-hybridized carbons (Fsp3) is 0.357. The average Bonchev–Trinajstić information content (AvgIpc) is 2.43. The van der Waals surface area contributed by atoms with Crippen LogP contribution in [0.4, 0.5) is 0 Å². The predicted molar refractivity (Wildman–Crippen MR) is 78.5 cm³/mol. The van der Waals surface area contributed by atoms with Crippen LogP contribution < -0.4 is 5.73 Å². The third-order valence-corrected chi connectivity index (χ3v) is 4.13. The van der Waals surface area contributed by atoms with Crippen molar-refractivity contribution in [2.75, 3.05) is 0 Å². The molecule has 1 unspecified atom stereocenters. The molecule has 1 atom stereocenters. The van der Waals surface area contributed by atoms with Crippen molar-refractivity contribution in [3.05, 3.63) is 40.9 Å². The number of Topliss-reactive ketones (excluding diaryl/α,β-unsaturated/α-hetero) is 1. The Balaban J connectivity index is 2.46. The van der Waals surface area contributed by atoms with E-state index in [2.05, 4.69) is 0 Å². The fourth-order valence-electron chi connectivity index (χ4n) is 2.36. The van der Waals surface area contributed by atoms with Gasteiger partial charge in [-0.15, -0.1) is 0 Å². The maximum Gasteiger partial charge on any atom is 0.287 e. The second kappa shape index (κ2) is 5.33. The predicted octanol–water partition coefficient (Wildman–Crippen LogP) is -1.93. The van der Waals surface area contributed by atoms with Crippen molar-refractivity contribution in [3.63, 3.8) is 0 Å². The molecule has 0 saturated heterocycles. The van der Waals surface area contributed by atoms with Crippen LogP contribution in [0.5, 0.6) is 0 Å². The van der Waals surface area contributed by atoms with E-state index < -0.39 is 35.1 Å². The van der Waals surface area contributed by atoms with E-state index in [1.807, 2.05) is 0 Å². The van der Waals surface area contributed by atoms with Gasteiger partial charge < -0.3 is 36.4 Å². The largest absolute Gasteiger partial charge is 0.361 e. The number of ketones is 1. The number of carbonyl (C=O) groups excluding carboxylic acids is 1. The number of rotatable bonds is 2. The first-order chi connectivity index (χ1) is 10.4. The first-order valence-electron chi connectivity index (χ1n) is 6.47. The quantitative estimate of drug-likeness (QED) is 0.304. The van der Waals surface area contributed by atoms with Gasteiger partial charge in [0.05, 0.1) is 0 Å². The first-order valence-corrected chi connectivity index (χ1v) is 6.85. The SMILES string of the molecule is NC1(C=Cc2ccccc2Cl)CC(O)(O)C(O)(O)C(O)(O)C1=O. The van der Waals surface area contributed by atoms with Crippen molar-refractivity contribution in [3.8, 4) is 0 Å². The van der Waals surface area contributed by atoms with E-state index in [-0.39, 0.29) is 0 Å². The summed E-state index contributed by atoms with van der Waals surface area (Å²) in [4.78, 5) is 12.1. The highest BCUT2D eigenvalue weighted by Crippen LogP contribution is 2.42. The molecule has 0 heterocycles. The highest BCUT2D eigenvalue weighted by molar-refractivity contribution is 6.32. The Morgan fingerprint density at radius 2 is 1.65 bits per heavy atom. The van der Waals surface area contributed by atoms with Crippen LogP contribution >= 0.6 is 11.6 Å². The number of nitrogens with two attached hydrogens (primary N) is 1. The lowest BCUT2D eigenvalue weighted by molar-refractivity contribution is -0.449. The zero-order chi connectivity index (χ0) is 17.7. The number of benzene rings is 1. The molecule has 9 heteroatoms. The average molecular weight is 346 g/mol. The highest BCUT2D eigenvalue weighted by atomic mass is 35.5. The molecule has 1 aromatic carbocycles. The summed E-state index contributed by atoms with van der Waals surface area (Å²) in [6.45, 7) is 0. The minimum atomic E-state index is -3.92. The lowest BCUT2D eigenvalue weighted by Crippen LogP contribution is -2.81. The molecule has 1 aliphatic rings. The van der Waals surface area contributed by atoms with Crippen molar-refractivity contribution in [2.24, 2.45) is 5.73 Å². The van der Waals surface area contributed by atoms with Gasteiger partial charge in [0.2, 0.25) is 11.6 Å². The molecule has 2 rings (SSSR count). The van der Waals surface area contributed by atoms with Crippen LogP contribution in [0.15, 0.2) is 30.3 Å². The topological polar surface area (TPSA) is 164 Å². The molecule has 1 aliphatic carbocycles. The molecule has 0 aromatic heterocycles. The molecule has 8 nitrogen and oxygen atoms in total. The van der Waals surface area contributed by atoms with E-state index in [4.69, 9.17) is 17.3 Å². The molecule has 0 aliphatic heterocycles. The minimum absolute atomic E-state index is 0.313. The molecular formula is C14H16ClNO7. The highest BCUT2D eigenvalue weighted by Gasteiger charge is 2.73. The molecule has 0 radical (unpaired) electrons. The standard InChI is InChI=1S/C14H16ClNO7/c15-9-4-2-1-3-8(9)5-6-11(16)7-12(18,19)14(22,23)13(20,21)10(11)17/h1-6,18-23H,7,16H2. The van der Waals surface area contributed by atoms with Crippen molar-refractivity contribution in [1.82, 2.24) is 0 Å². The Bertz CT molecular complexity index is 671. The maximum atomic E-state index is 12.1. The molecule has 8 N–H and O–H groups in total. The van der Waals surface area contributed by atoms with Gasteiger partial charge in [0.25, 0.3) is 11.6 Å². The summed E-state index contributed by atoms with van der Waals surface area (Å²) in [5.74, 6) is -12.9. The summed E-state index contributed by atoms with van der Waals surface area (Å²) in [6, 6.07) is 6.45. The van der Waals surface area contributed by atoms with Crippen LogP contribution in [-0.4, -0.2) is 59.3 Å². The lowest BCUT2D eigenvalue weighted by atomic mass is 9.70. The van der Waals surface area contributed by atoms with Gasteiger partial charge in [-0.25, -0.2) is 0 Å². The molecular weight excluding hydrogens is 330 g/mol. The summed E-state index contributed by atoms with van der Waals surface area (Å²) in [5, 5.41) is 58.0. The van der Waals surface area contributed by atoms with Gasteiger partial charge in [0, 0.05) is 11.4 Å². The zero-order valence-corrected chi connectivity index (χ0v) is 12.5. The number of carbonyl (C=O) groups is 1. The van der Waals surface area contributed by atoms with E-state index in [0.29, 0.717) is 10.6 Å². The molecule has 1 fully saturated rings. The van der Waals surface area contributed by atoms with Crippen molar-refractivity contribution < 1.29 is 35.4 Å². The Morgan fingerprint density at radius 3 is 2.22 bits per heavy atom. The maximum absolute atomic E-state index is 12.1. The second-order valence-electron chi connectivity index (χ2n) is 5.56. The normalized spacial score (nSPS) is 29.0. The van der Waals surface area contributed by atoms with Crippen LogP contribution in [0.3, 0.4) is 0 Å². The second-order valence-corrected chi connectivity index (χ2v) is 5.97. The van der Waals surface area contributed by atoms with Gasteiger partial charge in [0.1, 0.15) is 5.54 Å². The van der Waals surface area contributed by atoms with Crippen molar-refractivity contribution in [1.29, 1.82) is 0 Å². The third kappa shape index (κ3) is 2.69. The third-order valence-electron chi connectivity index (χ3n) is 3.79. The van der Waals surface area contributed by atoms with E-state index in [9.17, 15) is 35.4 Å². The van der Waals surface area contributed by atoms with Gasteiger partial charge in [0.15, 0.2) is 0 Å². The Kier molecular flexibility index (Phi) is 4.17. The van der Waals surface area contributed by atoms with Crippen molar-refractivity contribution >= 4 is 23.5 Å². The molecule has 126 valence electrons. The van der Waals surface area contributed by atoms with Crippen LogP contribution in [0.2, 0.25) is 5.02 Å². The van der Waals surface area contributed by atoms with Gasteiger partial charge in [-0.3, -0.25) is 4.79 Å². The summed E-state index contributed by atoms with van der Waals surface area (Å²) >= 11 is 5.93. The van der Waals surface area contributed by atoms with Gasteiger partial charge >= 0.3 is 0 Å². The fourth-order valence-corrected chi connectivity index (χ4v) is 2.56. The molecule has 0 bridgehead atoms. The van der Waals surface area contributed by atoms with Gasteiger partial charge in [-0.2, -0.15) is 0 Å². The number of halogens is 1. The number of hydrogen-bond acceptors (Lipinski definition) is 8. The van der Waals surface area contributed by atoms with Crippen molar-refractivity contribution in [2.45, 2.75) is 29.3 Å². The van der Waals surface area contributed by atoms with Crippen LogP contribution in [0.25, 0.3) is 6.08 Å². The van der Waals surface area contributed by atoms with Gasteiger partial charge in [-0.1, -0.05) is 42.0 Å². The minimum Gasteiger partial charge on any atom is -0.361 e. The Hall–Kier alpha value is -1.36. The first kappa shape index (κ1) is 18.0. The number of aliphatic hydroxyl groups is 6. The van der Waals surface area contributed by atoms with E-state index in [0.717, 1.165) is 6.08 Å². The summed E-state index contributed by atoms with van der Waals surface area (Å²) in [6.07, 6.45) is 1.16. The summed E-state index contributed by atoms with van der Waals surface area (Å²) in [5.41, 5.74) is 3.87. The Labute approximate surface area is 135 Å². The van der Waals surface area contributed by atoms with E-state index in [1.54, 1.807) is 24.3 Å². The lowest BCUT2D eigenvalue weighted by Gasteiger charge is -2.50. The molecule has 1 aromatic rings. The number of hydrogen-bond donors (Lipinski definition) is 7. The monoisotopic (exact) mass is 345 g/mol. The molecule has 1 saturated carbocycles. The van der Waals surface area contributed by atoms with Crippen LogP contribution in [0.1, 0.15) is 12.0 Å². The van der Waals surface area contributed by atoms with E-state index in [1.165, 1.54) is 6.08 Å². The summed E-state index contributed by atoms with van der Waals surface area (Å²) in [7, 11) is 0. The van der Waals surface area contributed by atoms with Crippen LogP contribution in [0, 0.1) is 0 Å². The van der Waals surface area contributed by atoms with Crippen LogP contribution in [-0.2, 0) is 4.79 Å². The smallest absolute Gasteiger partial charge is 0.287 e. The molecule has 23 heavy (non-hydrogen) atoms.